The van der Waals surface area contributed by atoms with Crippen LogP contribution < -0.4 is 5.32 Å². The van der Waals surface area contributed by atoms with E-state index in [4.69, 9.17) is 4.74 Å². The molecule has 5 heteroatoms. The molecule has 1 N–H and O–H groups in total. The highest BCUT2D eigenvalue weighted by Crippen LogP contribution is 2.36. The number of fused-ring (bicyclic) bond motifs is 1. The molecule has 0 spiro atoms. The van der Waals surface area contributed by atoms with Crippen LogP contribution in [0.2, 0.25) is 0 Å². The summed E-state index contributed by atoms with van der Waals surface area (Å²) < 4.78 is 5.44. The number of para-hydroxylation sites is 1. The van der Waals surface area contributed by atoms with Gasteiger partial charge >= 0.3 is 5.97 Å². The van der Waals surface area contributed by atoms with E-state index in [1.54, 1.807) is 0 Å². The van der Waals surface area contributed by atoms with Crippen LogP contribution in [-0.4, -0.2) is 17.1 Å². The zero-order valence-electron chi connectivity index (χ0n) is 12.7. The van der Waals surface area contributed by atoms with Crippen LogP contribution >= 0.6 is 11.8 Å². The zero-order valence-corrected chi connectivity index (χ0v) is 13.5. The van der Waals surface area contributed by atoms with Crippen molar-refractivity contribution >= 4 is 29.3 Å². The molecule has 0 bridgehead atoms. The first-order chi connectivity index (χ1) is 11.1. The molecule has 2 aromatic rings. The number of amides is 1. The lowest BCUT2D eigenvalue weighted by molar-refractivity contribution is -0.149. The first-order valence-corrected chi connectivity index (χ1v) is 8.32. The average molecular weight is 327 g/mol. The van der Waals surface area contributed by atoms with Gasteiger partial charge in [-0.1, -0.05) is 42.5 Å². The van der Waals surface area contributed by atoms with Gasteiger partial charge in [-0.15, -0.1) is 11.8 Å². The maximum atomic E-state index is 12.1. The van der Waals surface area contributed by atoms with Gasteiger partial charge in [0.05, 0.1) is 17.4 Å². The lowest BCUT2D eigenvalue weighted by Crippen LogP contribution is -2.31. The summed E-state index contributed by atoms with van der Waals surface area (Å²) >= 11 is 1.40. The van der Waals surface area contributed by atoms with Crippen molar-refractivity contribution < 1.29 is 14.3 Å². The molecule has 3 rings (SSSR count). The number of benzene rings is 2. The molecular weight excluding hydrogens is 310 g/mol. The third kappa shape index (κ3) is 3.74. The van der Waals surface area contributed by atoms with Crippen molar-refractivity contribution in [1.82, 2.24) is 0 Å². The molecule has 2 atom stereocenters. The van der Waals surface area contributed by atoms with Gasteiger partial charge in [-0.05, 0) is 24.6 Å². The van der Waals surface area contributed by atoms with Gasteiger partial charge in [-0.25, -0.2) is 0 Å². The number of esters is 1. The minimum Gasteiger partial charge on any atom is -0.458 e. The van der Waals surface area contributed by atoms with Gasteiger partial charge in [-0.2, -0.15) is 0 Å². The molecule has 4 nitrogen and oxygen atoms in total. The fourth-order valence-corrected chi connectivity index (χ4v) is 3.51. The second kappa shape index (κ2) is 6.87. The number of ether oxygens (including phenoxy) is 1. The summed E-state index contributed by atoms with van der Waals surface area (Å²) in [5, 5.41) is 2.37. The first-order valence-electron chi connectivity index (χ1n) is 7.44. The minimum absolute atomic E-state index is 0.0575. The quantitative estimate of drug-likeness (QED) is 0.868. The van der Waals surface area contributed by atoms with Gasteiger partial charge in [-0.3, -0.25) is 9.59 Å². The van der Waals surface area contributed by atoms with E-state index in [0.717, 1.165) is 16.1 Å². The zero-order chi connectivity index (χ0) is 16.2. The molecule has 1 heterocycles. The molecule has 1 amide bonds. The van der Waals surface area contributed by atoms with E-state index in [0.29, 0.717) is 0 Å². The summed E-state index contributed by atoms with van der Waals surface area (Å²) in [4.78, 5) is 25.2. The molecule has 1 aliphatic heterocycles. The number of carbonyl (C=O) groups excluding carboxylic acids is 2. The number of anilines is 1. The Bertz CT molecular complexity index is 717. The maximum absolute atomic E-state index is 12.1. The van der Waals surface area contributed by atoms with Gasteiger partial charge < -0.3 is 10.1 Å². The molecule has 0 saturated heterocycles. The smallest absolute Gasteiger partial charge is 0.308 e. The normalized spacial score (nSPS) is 17.8. The van der Waals surface area contributed by atoms with Crippen molar-refractivity contribution in [1.29, 1.82) is 0 Å². The van der Waals surface area contributed by atoms with Gasteiger partial charge in [0, 0.05) is 4.90 Å². The molecule has 23 heavy (non-hydrogen) atoms. The highest BCUT2D eigenvalue weighted by molar-refractivity contribution is 8.01. The molecular formula is C18H17NO3S. The second-order valence-corrected chi connectivity index (χ2v) is 6.58. The Morgan fingerprint density at radius 1 is 1.17 bits per heavy atom. The topological polar surface area (TPSA) is 55.4 Å². The van der Waals surface area contributed by atoms with Crippen molar-refractivity contribution in [3.63, 3.8) is 0 Å². The Labute approximate surface area is 139 Å². The molecule has 2 aromatic carbocycles. The number of carbonyl (C=O) groups is 2. The number of hydrogen-bond acceptors (Lipinski definition) is 4. The fourth-order valence-electron chi connectivity index (χ4n) is 2.42. The van der Waals surface area contributed by atoms with Gasteiger partial charge in [0.25, 0.3) is 0 Å². The van der Waals surface area contributed by atoms with Crippen molar-refractivity contribution in [2.45, 2.75) is 29.6 Å². The van der Waals surface area contributed by atoms with E-state index < -0.39 is 5.25 Å². The molecule has 0 fully saturated rings. The van der Waals surface area contributed by atoms with E-state index in [9.17, 15) is 9.59 Å². The molecule has 0 aromatic heterocycles. The van der Waals surface area contributed by atoms with Crippen LogP contribution in [0.4, 0.5) is 5.69 Å². The largest absolute Gasteiger partial charge is 0.458 e. The molecule has 0 unspecified atom stereocenters. The van der Waals surface area contributed by atoms with Crippen LogP contribution in [0.15, 0.2) is 59.5 Å². The van der Waals surface area contributed by atoms with Gasteiger partial charge in [0.2, 0.25) is 5.91 Å². The van der Waals surface area contributed by atoms with Crippen molar-refractivity contribution in [2.24, 2.45) is 0 Å². The summed E-state index contributed by atoms with van der Waals surface area (Å²) in [5.74, 6) is -0.522. The van der Waals surface area contributed by atoms with Gasteiger partial charge in [0.1, 0.15) is 6.10 Å². The van der Waals surface area contributed by atoms with E-state index in [-0.39, 0.29) is 24.4 Å². The fraction of sp³-hybridized carbons (Fsp3) is 0.222. The van der Waals surface area contributed by atoms with Crippen LogP contribution in [-0.2, 0) is 14.3 Å². The monoisotopic (exact) mass is 327 g/mol. The van der Waals surface area contributed by atoms with Crippen LogP contribution in [0.5, 0.6) is 0 Å². The summed E-state index contributed by atoms with van der Waals surface area (Å²) in [5.41, 5.74) is 1.73. The standard InChI is InChI=1S/C18H17NO3S/c1-12(13-7-3-2-4-8-13)22-17(20)11-16-18(21)19-14-9-5-6-10-15(14)23-16/h2-10,12,16H,11H2,1H3,(H,19,21)/t12-,16+/m1/s1. The third-order valence-corrected chi connectivity index (χ3v) is 4.91. The van der Waals surface area contributed by atoms with Crippen LogP contribution in [0.1, 0.15) is 25.0 Å². The molecule has 1 aliphatic rings. The minimum atomic E-state index is -0.458. The van der Waals surface area contributed by atoms with E-state index in [2.05, 4.69) is 5.32 Å². The SMILES string of the molecule is C[C@@H](OC(=O)C[C@@H]1Sc2ccccc2NC1=O)c1ccccc1. The number of nitrogens with one attached hydrogen (secondary N) is 1. The maximum Gasteiger partial charge on any atom is 0.308 e. The lowest BCUT2D eigenvalue weighted by atomic mass is 10.1. The van der Waals surface area contributed by atoms with E-state index >= 15 is 0 Å². The first kappa shape index (κ1) is 15.6. The van der Waals surface area contributed by atoms with E-state index in [1.165, 1.54) is 11.8 Å². The summed E-state index contributed by atoms with van der Waals surface area (Å²) in [6.45, 7) is 1.83. The summed E-state index contributed by atoms with van der Waals surface area (Å²) in [7, 11) is 0. The van der Waals surface area contributed by atoms with E-state index in [1.807, 2.05) is 61.5 Å². The number of hydrogen-bond donors (Lipinski definition) is 1. The lowest BCUT2D eigenvalue weighted by Gasteiger charge is -2.24. The molecule has 0 saturated carbocycles. The summed E-state index contributed by atoms with van der Waals surface area (Å²) in [6.07, 6.45) is -0.269. The van der Waals surface area contributed by atoms with Crippen LogP contribution in [0.25, 0.3) is 0 Å². The van der Waals surface area contributed by atoms with Crippen molar-refractivity contribution in [3.8, 4) is 0 Å². The molecule has 0 aliphatic carbocycles. The highest BCUT2D eigenvalue weighted by atomic mass is 32.2. The molecule has 118 valence electrons. The Kier molecular flexibility index (Phi) is 4.67. The summed E-state index contributed by atoms with van der Waals surface area (Å²) in [6, 6.07) is 17.1. The van der Waals surface area contributed by atoms with Crippen LogP contribution in [0.3, 0.4) is 0 Å². The predicted molar refractivity (Wildman–Crippen MR) is 90.3 cm³/mol. The highest BCUT2D eigenvalue weighted by Gasteiger charge is 2.29. The Morgan fingerprint density at radius 2 is 1.87 bits per heavy atom. The molecule has 0 radical (unpaired) electrons. The number of rotatable bonds is 4. The second-order valence-electron chi connectivity index (χ2n) is 5.34. The average Bonchev–Trinajstić information content (AvgIpc) is 2.56. The Hall–Kier alpha value is -2.27. The predicted octanol–water partition coefficient (Wildman–Crippen LogP) is 3.79. The Morgan fingerprint density at radius 3 is 2.65 bits per heavy atom. The van der Waals surface area contributed by atoms with Crippen molar-refractivity contribution in [2.75, 3.05) is 5.32 Å². The third-order valence-electron chi connectivity index (χ3n) is 3.64. The van der Waals surface area contributed by atoms with Crippen LogP contribution in [0, 0.1) is 0 Å². The Balaban J connectivity index is 1.61. The van der Waals surface area contributed by atoms with Gasteiger partial charge in [0.15, 0.2) is 0 Å². The van der Waals surface area contributed by atoms with Crippen molar-refractivity contribution in [3.05, 3.63) is 60.2 Å². The number of thioether (sulfide) groups is 1.